The maximum atomic E-state index is 12.1. The molecule has 0 saturated heterocycles. The summed E-state index contributed by atoms with van der Waals surface area (Å²) in [5.74, 6) is -0.848. The van der Waals surface area contributed by atoms with Crippen LogP contribution in [0.25, 0.3) is 0 Å². The third-order valence-corrected chi connectivity index (χ3v) is 3.41. The van der Waals surface area contributed by atoms with Gasteiger partial charge in [0, 0.05) is 11.9 Å². The van der Waals surface area contributed by atoms with E-state index in [1.165, 1.54) is 4.68 Å². The molecule has 2 rings (SSSR count). The zero-order valence-corrected chi connectivity index (χ0v) is 14.1. The summed E-state index contributed by atoms with van der Waals surface area (Å²) in [6, 6.07) is 6.71. The lowest BCUT2D eigenvalue weighted by molar-refractivity contribution is -0.121. The molecule has 0 atom stereocenters. The van der Waals surface area contributed by atoms with E-state index >= 15 is 0 Å². The summed E-state index contributed by atoms with van der Waals surface area (Å²) in [5.41, 5.74) is 1.00. The molecule has 9 heteroatoms. The highest BCUT2D eigenvalue weighted by molar-refractivity contribution is 9.10. The summed E-state index contributed by atoms with van der Waals surface area (Å²) in [4.78, 5) is 23.7. The SMILES string of the molecule is O=C(Cc1ccccc1NC(=O)Cn1cc(Br)cn1)NCC(F)F. The van der Waals surface area contributed by atoms with Crippen LogP contribution >= 0.6 is 15.9 Å². The Labute approximate surface area is 145 Å². The molecular weight excluding hydrogens is 386 g/mol. The van der Waals surface area contributed by atoms with Gasteiger partial charge >= 0.3 is 0 Å². The number of nitrogens with one attached hydrogen (secondary N) is 2. The number of hydrogen-bond donors (Lipinski definition) is 2. The molecule has 0 radical (unpaired) electrons. The molecule has 0 unspecified atom stereocenters. The standard InChI is InChI=1S/C15H15BrF2N4O2/c16-11-6-20-22(8-11)9-15(24)21-12-4-2-1-3-10(12)5-14(23)19-7-13(17)18/h1-4,6,8,13H,5,7,9H2,(H,19,23)(H,21,24). The van der Waals surface area contributed by atoms with Crippen LogP contribution in [-0.2, 0) is 22.6 Å². The van der Waals surface area contributed by atoms with Gasteiger partial charge in [-0.15, -0.1) is 0 Å². The zero-order chi connectivity index (χ0) is 17.5. The lowest BCUT2D eigenvalue weighted by atomic mass is 10.1. The molecule has 1 heterocycles. The summed E-state index contributed by atoms with van der Waals surface area (Å²) < 4.78 is 26.4. The molecule has 0 fully saturated rings. The van der Waals surface area contributed by atoms with Gasteiger partial charge in [-0.05, 0) is 27.6 Å². The second kappa shape index (κ2) is 8.53. The van der Waals surface area contributed by atoms with Crippen LogP contribution in [0.5, 0.6) is 0 Å². The van der Waals surface area contributed by atoms with Crippen molar-refractivity contribution in [1.82, 2.24) is 15.1 Å². The fourth-order valence-electron chi connectivity index (χ4n) is 1.98. The largest absolute Gasteiger partial charge is 0.350 e. The summed E-state index contributed by atoms with van der Waals surface area (Å²) in [6.07, 6.45) is 0.520. The molecule has 1 aromatic carbocycles. The molecule has 0 bridgehead atoms. The Morgan fingerprint density at radius 3 is 2.67 bits per heavy atom. The normalized spacial score (nSPS) is 10.7. The summed E-state index contributed by atoms with van der Waals surface area (Å²) in [7, 11) is 0. The van der Waals surface area contributed by atoms with E-state index in [1.54, 1.807) is 36.7 Å². The van der Waals surface area contributed by atoms with E-state index < -0.39 is 18.9 Å². The number of para-hydroxylation sites is 1. The number of carbonyl (C=O) groups is 2. The lowest BCUT2D eigenvalue weighted by Crippen LogP contribution is -2.30. The van der Waals surface area contributed by atoms with Crippen LogP contribution < -0.4 is 10.6 Å². The topological polar surface area (TPSA) is 76.0 Å². The Bertz CT molecular complexity index is 721. The second-order valence-corrected chi connectivity index (χ2v) is 5.85. The highest BCUT2D eigenvalue weighted by Gasteiger charge is 2.12. The van der Waals surface area contributed by atoms with Gasteiger partial charge < -0.3 is 10.6 Å². The molecule has 2 aromatic rings. The number of aromatic nitrogens is 2. The minimum absolute atomic E-state index is 0.0114. The molecular formula is C15H15BrF2N4O2. The molecule has 128 valence electrons. The van der Waals surface area contributed by atoms with Gasteiger partial charge in [0.15, 0.2) is 0 Å². The van der Waals surface area contributed by atoms with Gasteiger partial charge in [-0.1, -0.05) is 18.2 Å². The van der Waals surface area contributed by atoms with E-state index in [0.29, 0.717) is 11.3 Å². The van der Waals surface area contributed by atoms with Crippen molar-refractivity contribution in [3.05, 3.63) is 46.7 Å². The van der Waals surface area contributed by atoms with E-state index in [2.05, 4.69) is 31.7 Å². The van der Waals surface area contributed by atoms with Crippen molar-refractivity contribution in [1.29, 1.82) is 0 Å². The first-order valence-corrected chi connectivity index (χ1v) is 7.84. The molecule has 0 aliphatic carbocycles. The van der Waals surface area contributed by atoms with Crippen molar-refractivity contribution in [2.75, 3.05) is 11.9 Å². The fourth-order valence-corrected chi connectivity index (χ4v) is 2.31. The van der Waals surface area contributed by atoms with Crippen LogP contribution in [0.4, 0.5) is 14.5 Å². The number of carbonyl (C=O) groups excluding carboxylic acids is 2. The average molecular weight is 401 g/mol. The third-order valence-electron chi connectivity index (χ3n) is 3.00. The second-order valence-electron chi connectivity index (χ2n) is 4.93. The predicted octanol–water partition coefficient (Wildman–Crippen LogP) is 2.21. The molecule has 0 spiro atoms. The number of nitrogens with zero attached hydrogens (tertiary/aromatic N) is 2. The van der Waals surface area contributed by atoms with Crippen LogP contribution in [0.3, 0.4) is 0 Å². The van der Waals surface area contributed by atoms with E-state index in [0.717, 1.165) is 4.47 Å². The lowest BCUT2D eigenvalue weighted by Gasteiger charge is -2.11. The zero-order valence-electron chi connectivity index (χ0n) is 12.5. The Morgan fingerprint density at radius 2 is 2.00 bits per heavy atom. The van der Waals surface area contributed by atoms with Crippen molar-refractivity contribution in [3.63, 3.8) is 0 Å². The van der Waals surface area contributed by atoms with E-state index in [1.807, 2.05) is 0 Å². The van der Waals surface area contributed by atoms with Crippen LogP contribution in [-0.4, -0.2) is 34.6 Å². The maximum absolute atomic E-state index is 12.1. The minimum atomic E-state index is -2.60. The van der Waals surface area contributed by atoms with Crippen molar-refractivity contribution in [2.24, 2.45) is 0 Å². The van der Waals surface area contributed by atoms with Crippen molar-refractivity contribution in [2.45, 2.75) is 19.4 Å². The molecule has 24 heavy (non-hydrogen) atoms. The van der Waals surface area contributed by atoms with Crippen molar-refractivity contribution in [3.8, 4) is 0 Å². The van der Waals surface area contributed by atoms with Gasteiger partial charge in [0.25, 0.3) is 6.43 Å². The average Bonchev–Trinajstić information content (AvgIpc) is 2.92. The first-order chi connectivity index (χ1) is 11.4. The smallest absolute Gasteiger partial charge is 0.255 e. The highest BCUT2D eigenvalue weighted by atomic mass is 79.9. The van der Waals surface area contributed by atoms with Crippen LogP contribution in [0, 0.1) is 0 Å². The summed E-state index contributed by atoms with van der Waals surface area (Å²) in [6.45, 7) is -0.681. The highest BCUT2D eigenvalue weighted by Crippen LogP contribution is 2.16. The minimum Gasteiger partial charge on any atom is -0.350 e. The molecule has 0 saturated carbocycles. The molecule has 1 aromatic heterocycles. The molecule has 0 aliphatic heterocycles. The Hall–Kier alpha value is -2.29. The first-order valence-electron chi connectivity index (χ1n) is 7.04. The number of anilines is 1. The fraction of sp³-hybridized carbons (Fsp3) is 0.267. The monoisotopic (exact) mass is 400 g/mol. The molecule has 2 amide bonds. The van der Waals surface area contributed by atoms with Crippen LogP contribution in [0.1, 0.15) is 5.56 Å². The predicted molar refractivity (Wildman–Crippen MR) is 87.7 cm³/mol. The van der Waals surface area contributed by atoms with Gasteiger partial charge in [-0.2, -0.15) is 5.10 Å². The first kappa shape index (κ1) is 18.1. The van der Waals surface area contributed by atoms with Crippen LogP contribution in [0.2, 0.25) is 0 Å². The van der Waals surface area contributed by atoms with Gasteiger partial charge in [0.2, 0.25) is 11.8 Å². The van der Waals surface area contributed by atoms with E-state index in [-0.39, 0.29) is 18.9 Å². The van der Waals surface area contributed by atoms with Crippen LogP contribution in [0.15, 0.2) is 41.1 Å². The molecule has 2 N–H and O–H groups in total. The molecule has 0 aliphatic rings. The Kier molecular flexibility index (Phi) is 6.42. The molecule has 6 nitrogen and oxygen atoms in total. The van der Waals surface area contributed by atoms with Gasteiger partial charge in [0.05, 0.1) is 23.6 Å². The summed E-state index contributed by atoms with van der Waals surface area (Å²) >= 11 is 3.24. The number of hydrogen-bond acceptors (Lipinski definition) is 3. The number of benzene rings is 1. The number of halogens is 3. The van der Waals surface area contributed by atoms with Crippen molar-refractivity contribution < 1.29 is 18.4 Å². The third kappa shape index (κ3) is 5.73. The van der Waals surface area contributed by atoms with Gasteiger partial charge in [-0.3, -0.25) is 14.3 Å². The maximum Gasteiger partial charge on any atom is 0.255 e. The van der Waals surface area contributed by atoms with Gasteiger partial charge in [-0.25, -0.2) is 8.78 Å². The summed E-state index contributed by atoms with van der Waals surface area (Å²) in [5, 5.41) is 8.81. The number of rotatable bonds is 7. The number of amides is 2. The Morgan fingerprint density at radius 1 is 1.25 bits per heavy atom. The quantitative estimate of drug-likeness (QED) is 0.747. The van der Waals surface area contributed by atoms with Gasteiger partial charge in [0.1, 0.15) is 6.54 Å². The van der Waals surface area contributed by atoms with Crippen molar-refractivity contribution >= 4 is 33.4 Å². The Balaban J connectivity index is 1.97. The van der Waals surface area contributed by atoms with E-state index in [9.17, 15) is 18.4 Å². The van der Waals surface area contributed by atoms with E-state index in [4.69, 9.17) is 0 Å². The number of alkyl halides is 2.